The summed E-state index contributed by atoms with van der Waals surface area (Å²) < 4.78 is 9.63. The van der Waals surface area contributed by atoms with Crippen molar-refractivity contribution in [3.8, 4) is 0 Å². The van der Waals surface area contributed by atoms with Crippen LogP contribution in [-0.2, 0) is 14.3 Å². The first-order valence-electron chi connectivity index (χ1n) is 6.93. The van der Waals surface area contributed by atoms with E-state index in [1.54, 1.807) is 0 Å². The predicted molar refractivity (Wildman–Crippen MR) is 75.4 cm³/mol. The SMILES string of the molecule is CC1CCCCO1.CCC/C=C(/COC(N)=O)C(=O)O. The summed E-state index contributed by atoms with van der Waals surface area (Å²) in [5.41, 5.74) is 4.74. The number of rotatable bonds is 5. The molecule has 1 atom stereocenters. The number of carbonyl (C=O) groups is 2. The van der Waals surface area contributed by atoms with Crippen molar-refractivity contribution in [3.63, 3.8) is 0 Å². The summed E-state index contributed by atoms with van der Waals surface area (Å²) in [7, 11) is 0. The Morgan fingerprint density at radius 2 is 2.15 bits per heavy atom. The van der Waals surface area contributed by atoms with Crippen LogP contribution >= 0.6 is 0 Å². The van der Waals surface area contributed by atoms with Gasteiger partial charge in [0.25, 0.3) is 0 Å². The zero-order valence-electron chi connectivity index (χ0n) is 12.3. The number of allylic oxidation sites excluding steroid dienone is 1. The van der Waals surface area contributed by atoms with Gasteiger partial charge in [-0.2, -0.15) is 0 Å². The van der Waals surface area contributed by atoms with Crippen molar-refractivity contribution in [1.82, 2.24) is 0 Å². The number of nitrogens with two attached hydrogens (primary N) is 1. The van der Waals surface area contributed by atoms with Crippen LogP contribution in [0.25, 0.3) is 0 Å². The van der Waals surface area contributed by atoms with Gasteiger partial charge in [-0.25, -0.2) is 9.59 Å². The molecular formula is C14H25NO5. The van der Waals surface area contributed by atoms with Crippen LogP contribution < -0.4 is 5.73 Å². The highest BCUT2D eigenvalue weighted by atomic mass is 16.5. The van der Waals surface area contributed by atoms with Gasteiger partial charge in [0.2, 0.25) is 0 Å². The molecule has 1 fully saturated rings. The van der Waals surface area contributed by atoms with Crippen LogP contribution in [-0.4, -0.2) is 36.5 Å². The lowest BCUT2D eigenvalue weighted by Gasteiger charge is -2.17. The number of carboxylic acids is 1. The first-order valence-corrected chi connectivity index (χ1v) is 6.93. The molecule has 116 valence electrons. The van der Waals surface area contributed by atoms with Crippen molar-refractivity contribution in [2.75, 3.05) is 13.2 Å². The Morgan fingerprint density at radius 3 is 2.50 bits per heavy atom. The number of carboxylic acid groups (broad SMARTS) is 1. The van der Waals surface area contributed by atoms with E-state index in [1.165, 1.54) is 25.3 Å². The van der Waals surface area contributed by atoms with Crippen LogP contribution in [0.3, 0.4) is 0 Å². The van der Waals surface area contributed by atoms with E-state index in [9.17, 15) is 9.59 Å². The maximum absolute atomic E-state index is 10.5. The van der Waals surface area contributed by atoms with Gasteiger partial charge >= 0.3 is 12.1 Å². The molecule has 0 aromatic heterocycles. The van der Waals surface area contributed by atoms with Crippen molar-refractivity contribution < 1.29 is 24.2 Å². The topological polar surface area (TPSA) is 98.9 Å². The minimum atomic E-state index is -1.09. The van der Waals surface area contributed by atoms with Crippen molar-refractivity contribution in [2.24, 2.45) is 5.73 Å². The van der Waals surface area contributed by atoms with E-state index in [0.717, 1.165) is 13.0 Å². The molecule has 0 radical (unpaired) electrons. The van der Waals surface area contributed by atoms with Gasteiger partial charge in [-0.05, 0) is 32.6 Å². The molecule has 1 rings (SSSR count). The smallest absolute Gasteiger partial charge is 0.404 e. The monoisotopic (exact) mass is 287 g/mol. The summed E-state index contributed by atoms with van der Waals surface area (Å²) in [6.07, 6.45) is 6.46. The van der Waals surface area contributed by atoms with Gasteiger partial charge in [0.1, 0.15) is 6.61 Å². The second-order valence-corrected chi connectivity index (χ2v) is 4.61. The molecule has 1 aliphatic heterocycles. The Labute approximate surface area is 119 Å². The number of aliphatic carboxylic acids is 1. The van der Waals surface area contributed by atoms with Crippen molar-refractivity contribution in [1.29, 1.82) is 0 Å². The normalized spacial score (nSPS) is 18.7. The zero-order chi connectivity index (χ0) is 15.4. The highest BCUT2D eigenvalue weighted by Gasteiger charge is 2.08. The quantitative estimate of drug-likeness (QED) is 0.757. The highest BCUT2D eigenvalue weighted by molar-refractivity contribution is 5.87. The van der Waals surface area contributed by atoms with Gasteiger partial charge in [0.05, 0.1) is 11.7 Å². The highest BCUT2D eigenvalue weighted by Crippen LogP contribution is 2.10. The first-order chi connectivity index (χ1) is 9.47. The number of primary amides is 1. The van der Waals surface area contributed by atoms with Crippen molar-refractivity contribution >= 4 is 12.1 Å². The van der Waals surface area contributed by atoms with E-state index in [0.29, 0.717) is 12.5 Å². The van der Waals surface area contributed by atoms with E-state index in [-0.39, 0.29) is 12.2 Å². The lowest BCUT2D eigenvalue weighted by Crippen LogP contribution is -2.17. The number of amides is 1. The number of hydrogen-bond acceptors (Lipinski definition) is 4. The molecule has 20 heavy (non-hydrogen) atoms. The van der Waals surface area contributed by atoms with Gasteiger partial charge in [-0.3, -0.25) is 0 Å². The molecule has 1 heterocycles. The third-order valence-electron chi connectivity index (χ3n) is 2.73. The molecule has 1 saturated heterocycles. The van der Waals surface area contributed by atoms with E-state index in [2.05, 4.69) is 17.4 Å². The number of unbranched alkanes of at least 4 members (excludes halogenated alkanes) is 1. The fraction of sp³-hybridized carbons (Fsp3) is 0.714. The summed E-state index contributed by atoms with van der Waals surface area (Å²) in [6, 6.07) is 0. The Bertz CT molecular complexity index is 322. The standard InChI is InChI=1S/C8H13NO4.C6H12O/c1-2-3-4-6(7(10)11)5-13-8(9)12;1-6-4-2-3-5-7-6/h4H,2-3,5H2,1H3,(H2,9,12)(H,10,11);6H,2-5H2,1H3/b6-4-;. The predicted octanol–water partition coefficient (Wildman–Crippen LogP) is 2.47. The van der Waals surface area contributed by atoms with Crippen LogP contribution in [0.15, 0.2) is 11.6 Å². The summed E-state index contributed by atoms with van der Waals surface area (Å²) >= 11 is 0. The van der Waals surface area contributed by atoms with E-state index in [4.69, 9.17) is 9.84 Å². The third-order valence-corrected chi connectivity index (χ3v) is 2.73. The Kier molecular flexibility index (Phi) is 10.4. The minimum Gasteiger partial charge on any atom is -0.478 e. The fourth-order valence-corrected chi connectivity index (χ4v) is 1.58. The van der Waals surface area contributed by atoms with Crippen LogP contribution in [0.1, 0.15) is 46.0 Å². The first kappa shape index (κ1) is 18.4. The molecule has 3 N–H and O–H groups in total. The number of hydrogen-bond donors (Lipinski definition) is 2. The molecule has 6 nitrogen and oxygen atoms in total. The largest absolute Gasteiger partial charge is 0.478 e. The molecule has 6 heteroatoms. The fourth-order valence-electron chi connectivity index (χ4n) is 1.58. The molecule has 0 aromatic rings. The van der Waals surface area contributed by atoms with E-state index in [1.807, 2.05) is 6.92 Å². The van der Waals surface area contributed by atoms with Gasteiger partial charge in [-0.15, -0.1) is 0 Å². The van der Waals surface area contributed by atoms with Crippen LogP contribution in [0.4, 0.5) is 4.79 Å². The number of carbonyl (C=O) groups excluding carboxylic acids is 1. The van der Waals surface area contributed by atoms with Gasteiger partial charge in [0, 0.05) is 6.61 Å². The summed E-state index contributed by atoms with van der Waals surface area (Å²) in [6.45, 7) is 4.77. The molecule has 1 aliphatic rings. The second kappa shape index (κ2) is 11.3. The summed E-state index contributed by atoms with van der Waals surface area (Å²) in [4.78, 5) is 20.7. The molecule has 1 unspecified atom stereocenters. The van der Waals surface area contributed by atoms with Gasteiger partial charge < -0.3 is 20.3 Å². The van der Waals surface area contributed by atoms with Crippen LogP contribution in [0.5, 0.6) is 0 Å². The van der Waals surface area contributed by atoms with Gasteiger partial charge in [0.15, 0.2) is 0 Å². The summed E-state index contributed by atoms with van der Waals surface area (Å²) in [5.74, 6) is -1.09. The third kappa shape index (κ3) is 10.4. The molecule has 0 aromatic carbocycles. The van der Waals surface area contributed by atoms with Crippen molar-refractivity contribution in [3.05, 3.63) is 11.6 Å². The lowest BCUT2D eigenvalue weighted by molar-refractivity contribution is -0.133. The minimum absolute atomic E-state index is 0.0562. The lowest BCUT2D eigenvalue weighted by atomic mass is 10.1. The Hall–Kier alpha value is -1.56. The molecule has 0 aliphatic carbocycles. The molecule has 0 saturated carbocycles. The Morgan fingerprint density at radius 1 is 1.45 bits per heavy atom. The molecular weight excluding hydrogens is 262 g/mol. The second-order valence-electron chi connectivity index (χ2n) is 4.61. The van der Waals surface area contributed by atoms with Crippen LogP contribution in [0, 0.1) is 0 Å². The Balaban J connectivity index is 0.000000428. The molecule has 1 amide bonds. The zero-order valence-corrected chi connectivity index (χ0v) is 12.3. The maximum atomic E-state index is 10.5. The van der Waals surface area contributed by atoms with Gasteiger partial charge in [-0.1, -0.05) is 19.4 Å². The van der Waals surface area contributed by atoms with Crippen LogP contribution in [0.2, 0.25) is 0 Å². The summed E-state index contributed by atoms with van der Waals surface area (Å²) in [5, 5.41) is 8.61. The van der Waals surface area contributed by atoms with Crippen molar-refractivity contribution in [2.45, 2.75) is 52.1 Å². The molecule has 0 spiro atoms. The number of ether oxygens (including phenoxy) is 2. The van der Waals surface area contributed by atoms with E-state index >= 15 is 0 Å². The maximum Gasteiger partial charge on any atom is 0.404 e. The molecule has 0 bridgehead atoms. The average molecular weight is 287 g/mol. The average Bonchev–Trinajstić information content (AvgIpc) is 2.39. The van der Waals surface area contributed by atoms with E-state index < -0.39 is 12.1 Å².